The van der Waals surface area contributed by atoms with Gasteiger partial charge in [-0.3, -0.25) is 4.79 Å². The number of alkyl halides is 3. The lowest BCUT2D eigenvalue weighted by Gasteiger charge is -2.42. The minimum Gasteiger partial charge on any atom is -0.481 e. The molecule has 4 rings (SSSR count). The van der Waals surface area contributed by atoms with Gasteiger partial charge in [-0.05, 0) is 57.4 Å². The van der Waals surface area contributed by atoms with E-state index in [1.807, 2.05) is 0 Å². The van der Waals surface area contributed by atoms with Gasteiger partial charge >= 0.3 is 12.1 Å². The Morgan fingerprint density at radius 2 is 1.86 bits per heavy atom. The molecular formula is C26H29Cl2F3N4O5S2. The number of halogens is 5. The van der Waals surface area contributed by atoms with E-state index in [0.717, 1.165) is 30.2 Å². The molecular weight excluding hydrogens is 640 g/mol. The summed E-state index contributed by atoms with van der Waals surface area (Å²) in [5.74, 6) is -0.508. The molecule has 1 fully saturated rings. The Balaban J connectivity index is 1.72. The minimum absolute atomic E-state index is 0.00402. The zero-order chi connectivity index (χ0) is 31.4. The fraction of sp³-hybridized carbons (Fsp3) is 0.538. The van der Waals surface area contributed by atoms with E-state index in [2.05, 4.69) is 24.0 Å². The van der Waals surface area contributed by atoms with E-state index in [4.69, 9.17) is 32.6 Å². The van der Waals surface area contributed by atoms with Gasteiger partial charge in [-0.1, -0.05) is 43.1 Å². The van der Waals surface area contributed by atoms with Crippen molar-refractivity contribution >= 4 is 50.5 Å². The summed E-state index contributed by atoms with van der Waals surface area (Å²) in [5.41, 5.74) is 0.0330. The zero-order valence-corrected chi connectivity index (χ0v) is 26.4. The van der Waals surface area contributed by atoms with E-state index in [1.165, 1.54) is 19.9 Å². The average Bonchev–Trinajstić information content (AvgIpc) is 3.45. The summed E-state index contributed by atoms with van der Waals surface area (Å²) < 4.78 is 71.8. The maximum Gasteiger partial charge on any atom is 0.404 e. The van der Waals surface area contributed by atoms with Crippen molar-refractivity contribution in [1.82, 2.24) is 19.9 Å². The SMILES string of the molecule is CC(NS(=O)(=O)c1ccc(-c2sc(-c3nnc(CC(C)(C)C(=O)O)o3)nc2CC2CC(C)(C)C2)c(Cl)c1Cl)C(F)(F)F. The van der Waals surface area contributed by atoms with Crippen LogP contribution in [-0.4, -0.2) is 46.9 Å². The van der Waals surface area contributed by atoms with E-state index in [-0.39, 0.29) is 28.6 Å². The number of sulfonamides is 1. The second-order valence-electron chi connectivity index (χ2n) is 11.9. The first-order valence-electron chi connectivity index (χ1n) is 12.8. The van der Waals surface area contributed by atoms with Gasteiger partial charge in [0.15, 0.2) is 5.01 Å². The number of benzene rings is 1. The first-order chi connectivity index (χ1) is 19.2. The van der Waals surface area contributed by atoms with Crippen molar-refractivity contribution in [3.63, 3.8) is 0 Å². The number of nitrogens with zero attached hydrogens (tertiary/aromatic N) is 3. The quantitative estimate of drug-likeness (QED) is 0.235. The molecule has 0 radical (unpaired) electrons. The summed E-state index contributed by atoms with van der Waals surface area (Å²) >= 11 is 14.0. The molecule has 230 valence electrons. The van der Waals surface area contributed by atoms with Gasteiger partial charge in [-0.15, -0.1) is 21.5 Å². The van der Waals surface area contributed by atoms with Crippen LogP contribution >= 0.6 is 34.5 Å². The van der Waals surface area contributed by atoms with Crippen molar-refractivity contribution in [3.8, 4) is 21.3 Å². The number of carboxylic acids is 1. The predicted molar refractivity (Wildman–Crippen MR) is 152 cm³/mol. The smallest absolute Gasteiger partial charge is 0.404 e. The summed E-state index contributed by atoms with van der Waals surface area (Å²) in [6.45, 7) is 8.08. The monoisotopic (exact) mass is 668 g/mol. The fourth-order valence-electron chi connectivity index (χ4n) is 4.86. The van der Waals surface area contributed by atoms with Crippen molar-refractivity contribution in [2.45, 2.75) is 77.4 Å². The molecule has 1 aromatic carbocycles. The van der Waals surface area contributed by atoms with Crippen LogP contribution in [0.25, 0.3) is 21.3 Å². The van der Waals surface area contributed by atoms with E-state index >= 15 is 0 Å². The summed E-state index contributed by atoms with van der Waals surface area (Å²) in [4.78, 5) is 16.2. The molecule has 1 aliphatic rings. The average molecular weight is 670 g/mol. The third-order valence-corrected chi connectivity index (χ3v) is 10.8. The second kappa shape index (κ2) is 11.3. The molecule has 0 amide bonds. The van der Waals surface area contributed by atoms with Crippen LogP contribution in [0, 0.1) is 16.7 Å². The van der Waals surface area contributed by atoms with Gasteiger partial charge in [0, 0.05) is 12.0 Å². The molecule has 0 spiro atoms. The first kappa shape index (κ1) is 32.6. The first-order valence-corrected chi connectivity index (χ1v) is 15.9. The van der Waals surface area contributed by atoms with Crippen LogP contribution in [0.2, 0.25) is 10.0 Å². The second-order valence-corrected chi connectivity index (χ2v) is 15.4. The molecule has 42 heavy (non-hydrogen) atoms. The Morgan fingerprint density at radius 1 is 1.21 bits per heavy atom. The molecule has 0 bridgehead atoms. The highest BCUT2D eigenvalue weighted by Gasteiger charge is 2.40. The summed E-state index contributed by atoms with van der Waals surface area (Å²) in [6.07, 6.45) is -2.31. The van der Waals surface area contributed by atoms with Gasteiger partial charge < -0.3 is 9.52 Å². The molecule has 16 heteroatoms. The minimum atomic E-state index is -4.80. The van der Waals surface area contributed by atoms with Crippen LogP contribution in [0.3, 0.4) is 0 Å². The van der Waals surface area contributed by atoms with Crippen LogP contribution in [0.5, 0.6) is 0 Å². The van der Waals surface area contributed by atoms with Gasteiger partial charge in [0.1, 0.15) is 10.9 Å². The highest BCUT2D eigenvalue weighted by Crippen LogP contribution is 2.49. The van der Waals surface area contributed by atoms with Gasteiger partial charge in [-0.25, -0.2) is 13.4 Å². The molecule has 1 aliphatic carbocycles. The topological polar surface area (TPSA) is 135 Å². The van der Waals surface area contributed by atoms with Gasteiger partial charge in [-0.2, -0.15) is 17.9 Å². The number of aromatic nitrogens is 3. The number of carboxylic acid groups (broad SMARTS) is 1. The molecule has 3 aromatic rings. The summed E-state index contributed by atoms with van der Waals surface area (Å²) in [5, 5.41) is 17.2. The predicted octanol–water partition coefficient (Wildman–Crippen LogP) is 7.03. The molecule has 2 heterocycles. The number of hydrogen-bond donors (Lipinski definition) is 2. The van der Waals surface area contributed by atoms with Crippen molar-refractivity contribution in [2.75, 3.05) is 0 Å². The molecule has 2 N–H and O–H groups in total. The molecule has 1 atom stereocenters. The number of carbonyl (C=O) groups is 1. The van der Waals surface area contributed by atoms with Crippen molar-refractivity contribution in [1.29, 1.82) is 0 Å². The van der Waals surface area contributed by atoms with Crippen LogP contribution in [-0.2, 0) is 27.7 Å². The largest absolute Gasteiger partial charge is 0.481 e. The standard InChI is InChI=1S/C26H29Cl2F3N4O5S2/c1-12(26(29,30)31)35-42(38,39)16-7-6-14(18(27)19(16)28)20-15(8-13-9-24(2,3)10-13)32-22(41-20)21-34-33-17(40-21)11-25(4,5)23(36)37/h6-7,12-13,35H,8-11H2,1-5H3,(H,36,37). The zero-order valence-electron chi connectivity index (χ0n) is 23.3. The van der Waals surface area contributed by atoms with E-state index < -0.39 is 43.5 Å². The Morgan fingerprint density at radius 3 is 2.43 bits per heavy atom. The van der Waals surface area contributed by atoms with Gasteiger partial charge in [0.25, 0.3) is 5.89 Å². The lowest BCUT2D eigenvalue weighted by molar-refractivity contribution is -0.147. The van der Waals surface area contributed by atoms with Crippen LogP contribution in [0.1, 0.15) is 59.0 Å². The van der Waals surface area contributed by atoms with Crippen molar-refractivity contribution in [3.05, 3.63) is 33.8 Å². The van der Waals surface area contributed by atoms with Crippen molar-refractivity contribution < 1.29 is 35.9 Å². The number of aliphatic carboxylic acids is 1. The Labute approximate surface area is 254 Å². The molecule has 9 nitrogen and oxygen atoms in total. The lowest BCUT2D eigenvalue weighted by atomic mass is 9.63. The van der Waals surface area contributed by atoms with Crippen LogP contribution < -0.4 is 4.72 Å². The Kier molecular flexibility index (Phi) is 8.82. The van der Waals surface area contributed by atoms with E-state index in [9.17, 15) is 31.5 Å². The fourth-order valence-corrected chi connectivity index (χ4v) is 8.05. The molecule has 1 unspecified atom stereocenters. The third-order valence-electron chi connectivity index (χ3n) is 7.09. The number of nitrogens with one attached hydrogen (secondary N) is 1. The van der Waals surface area contributed by atoms with Gasteiger partial charge in [0.05, 0.1) is 26.0 Å². The summed E-state index contributed by atoms with van der Waals surface area (Å²) in [6, 6.07) is 0.129. The maximum atomic E-state index is 13.0. The van der Waals surface area contributed by atoms with Gasteiger partial charge in [0.2, 0.25) is 15.9 Å². The van der Waals surface area contributed by atoms with Crippen LogP contribution in [0.15, 0.2) is 21.4 Å². The number of hydrogen-bond acceptors (Lipinski definition) is 8. The highest BCUT2D eigenvalue weighted by atomic mass is 35.5. The lowest BCUT2D eigenvalue weighted by Crippen LogP contribution is -2.43. The maximum absolute atomic E-state index is 13.0. The molecule has 1 saturated carbocycles. The Bertz CT molecular complexity index is 1610. The number of thiazole rings is 1. The van der Waals surface area contributed by atoms with Crippen LogP contribution in [0.4, 0.5) is 13.2 Å². The Hall–Kier alpha value is -2.26. The molecule has 2 aromatic heterocycles. The summed E-state index contributed by atoms with van der Waals surface area (Å²) in [7, 11) is -4.66. The van der Waals surface area contributed by atoms with Crippen molar-refractivity contribution in [2.24, 2.45) is 16.7 Å². The number of rotatable bonds is 10. The van der Waals surface area contributed by atoms with E-state index in [0.29, 0.717) is 40.4 Å². The third kappa shape index (κ3) is 6.93. The normalized spacial score (nSPS) is 16.8. The molecule has 0 aliphatic heterocycles. The highest BCUT2D eigenvalue weighted by molar-refractivity contribution is 7.89. The van der Waals surface area contributed by atoms with E-state index in [1.54, 1.807) is 4.72 Å². The molecule has 0 saturated heterocycles.